The summed E-state index contributed by atoms with van der Waals surface area (Å²) < 4.78 is 9.99. The van der Waals surface area contributed by atoms with E-state index in [2.05, 4.69) is 21.8 Å². The standard InChI is InChI=1S/C19H24N8O7/c1-6-7-34-9-10(28)8-27-12-13(23(2)18(32)26(5)16(12)31)20-17(27)22-21-11-14(29)24(3)19(33)25(4)15(11)30/h6,10,28-29H,1,7-9H2,2-5H3/t10-/m0/s1. The normalized spacial score (nSPS) is 12.6. The third-order valence-corrected chi connectivity index (χ3v) is 5.12. The Bertz CT molecular complexity index is 1540. The number of hydrogen-bond acceptors (Lipinski definition) is 10. The van der Waals surface area contributed by atoms with Crippen LogP contribution in [0.25, 0.3) is 11.2 Å². The number of nitrogens with zero attached hydrogens (tertiary/aromatic N) is 8. The Labute approximate surface area is 190 Å². The van der Waals surface area contributed by atoms with E-state index in [-0.39, 0.29) is 36.9 Å². The molecule has 0 aliphatic carbocycles. The van der Waals surface area contributed by atoms with E-state index in [1.54, 1.807) is 0 Å². The molecule has 0 saturated carbocycles. The number of hydrogen-bond donors (Lipinski definition) is 2. The predicted molar refractivity (Wildman–Crippen MR) is 120 cm³/mol. The molecule has 0 aliphatic rings. The number of rotatable bonds is 8. The SMILES string of the molecule is C=CCOC[C@@H](O)Cn1c(N=Nc2c(O)n(C)c(=O)n(C)c2=O)nc2c1c(=O)n(C)c(=O)n2C. The molecule has 3 aromatic heterocycles. The average Bonchev–Trinajstić information content (AvgIpc) is 3.17. The third kappa shape index (κ3) is 4.13. The van der Waals surface area contributed by atoms with Gasteiger partial charge in [0.25, 0.3) is 17.1 Å². The molecule has 0 fully saturated rings. The summed E-state index contributed by atoms with van der Waals surface area (Å²) in [6, 6.07) is 0. The Morgan fingerprint density at radius 3 is 2.26 bits per heavy atom. The molecule has 0 aliphatic heterocycles. The number of aromatic nitrogens is 6. The number of ether oxygens (including phenoxy) is 1. The van der Waals surface area contributed by atoms with Gasteiger partial charge in [0.05, 0.1) is 25.9 Å². The van der Waals surface area contributed by atoms with Gasteiger partial charge in [-0.2, -0.15) is 4.98 Å². The summed E-state index contributed by atoms with van der Waals surface area (Å²) in [5.41, 5.74) is -3.61. The molecule has 0 spiro atoms. The molecule has 15 heteroatoms. The van der Waals surface area contributed by atoms with E-state index in [1.165, 1.54) is 38.8 Å². The van der Waals surface area contributed by atoms with Crippen LogP contribution in [-0.4, -0.2) is 57.4 Å². The maximum Gasteiger partial charge on any atom is 0.333 e. The summed E-state index contributed by atoms with van der Waals surface area (Å²) in [5, 5.41) is 28.3. The van der Waals surface area contributed by atoms with E-state index in [4.69, 9.17) is 4.74 Å². The van der Waals surface area contributed by atoms with Crippen LogP contribution in [0.3, 0.4) is 0 Å². The highest BCUT2D eigenvalue weighted by Crippen LogP contribution is 2.24. The van der Waals surface area contributed by atoms with Crippen molar-refractivity contribution in [1.29, 1.82) is 0 Å². The lowest BCUT2D eigenvalue weighted by atomic mass is 10.3. The summed E-state index contributed by atoms with van der Waals surface area (Å²) in [6.07, 6.45) is 0.400. The van der Waals surface area contributed by atoms with Crippen molar-refractivity contribution in [3.8, 4) is 5.88 Å². The van der Waals surface area contributed by atoms with Crippen molar-refractivity contribution in [2.24, 2.45) is 38.4 Å². The molecule has 15 nitrogen and oxygen atoms in total. The zero-order valence-electron chi connectivity index (χ0n) is 19.0. The highest BCUT2D eigenvalue weighted by molar-refractivity contribution is 5.73. The molecule has 3 rings (SSSR count). The quantitative estimate of drug-likeness (QED) is 0.224. The van der Waals surface area contributed by atoms with Crippen molar-refractivity contribution < 1.29 is 14.9 Å². The highest BCUT2D eigenvalue weighted by Gasteiger charge is 2.22. The maximum atomic E-state index is 12.8. The number of azo groups is 1. The predicted octanol–water partition coefficient (Wildman–Crippen LogP) is -1.48. The van der Waals surface area contributed by atoms with Crippen LogP contribution in [0.1, 0.15) is 0 Å². The number of aliphatic hydroxyl groups excluding tert-OH is 1. The van der Waals surface area contributed by atoms with Gasteiger partial charge in [0.15, 0.2) is 11.2 Å². The number of fused-ring (bicyclic) bond motifs is 1. The summed E-state index contributed by atoms with van der Waals surface area (Å²) in [6.45, 7) is 3.40. The first kappa shape index (κ1) is 24.5. The van der Waals surface area contributed by atoms with Gasteiger partial charge in [0.2, 0.25) is 11.6 Å². The largest absolute Gasteiger partial charge is 0.493 e. The van der Waals surface area contributed by atoms with E-state index in [1.807, 2.05) is 0 Å². The lowest BCUT2D eigenvalue weighted by molar-refractivity contribution is 0.0404. The van der Waals surface area contributed by atoms with Crippen LogP contribution in [0.2, 0.25) is 0 Å². The Morgan fingerprint density at radius 1 is 1.00 bits per heavy atom. The van der Waals surface area contributed by atoms with Crippen molar-refractivity contribution in [2.75, 3.05) is 13.2 Å². The van der Waals surface area contributed by atoms with Gasteiger partial charge in [0, 0.05) is 28.2 Å². The number of aryl methyl sites for hydroxylation is 1. The molecule has 0 unspecified atom stereocenters. The number of aromatic hydroxyl groups is 1. The summed E-state index contributed by atoms with van der Waals surface area (Å²) in [7, 11) is 5.14. The molecule has 3 aromatic rings. The van der Waals surface area contributed by atoms with E-state index in [0.717, 1.165) is 18.3 Å². The van der Waals surface area contributed by atoms with E-state index >= 15 is 0 Å². The zero-order valence-corrected chi connectivity index (χ0v) is 19.0. The van der Waals surface area contributed by atoms with Crippen molar-refractivity contribution in [3.63, 3.8) is 0 Å². The summed E-state index contributed by atoms with van der Waals surface area (Å²) in [4.78, 5) is 53.7. The van der Waals surface area contributed by atoms with Gasteiger partial charge in [0.1, 0.15) is 0 Å². The minimum Gasteiger partial charge on any atom is -0.493 e. The van der Waals surface area contributed by atoms with Gasteiger partial charge < -0.3 is 14.9 Å². The van der Waals surface area contributed by atoms with E-state index in [9.17, 15) is 29.4 Å². The second-order valence-corrected chi connectivity index (χ2v) is 7.46. The summed E-state index contributed by atoms with van der Waals surface area (Å²) in [5.74, 6) is -0.952. The first-order valence-corrected chi connectivity index (χ1v) is 9.94. The van der Waals surface area contributed by atoms with Crippen LogP contribution < -0.4 is 22.5 Å². The highest BCUT2D eigenvalue weighted by atomic mass is 16.5. The monoisotopic (exact) mass is 476 g/mol. The number of aliphatic hydroxyl groups is 1. The number of imidazole rings is 1. The minimum absolute atomic E-state index is 0.0288. The lowest BCUT2D eigenvalue weighted by Crippen LogP contribution is -2.38. The topological polar surface area (TPSA) is 180 Å². The minimum atomic E-state index is -1.10. The smallest absolute Gasteiger partial charge is 0.333 e. The molecular weight excluding hydrogens is 452 g/mol. The molecule has 34 heavy (non-hydrogen) atoms. The first-order valence-electron chi connectivity index (χ1n) is 9.94. The third-order valence-electron chi connectivity index (χ3n) is 5.12. The van der Waals surface area contributed by atoms with Gasteiger partial charge in [-0.1, -0.05) is 6.08 Å². The van der Waals surface area contributed by atoms with Crippen LogP contribution in [-0.2, 0) is 39.5 Å². The lowest BCUT2D eigenvalue weighted by Gasteiger charge is -2.13. The Morgan fingerprint density at radius 2 is 1.62 bits per heavy atom. The van der Waals surface area contributed by atoms with Gasteiger partial charge in [-0.25, -0.2) is 9.59 Å². The molecule has 0 bridgehead atoms. The van der Waals surface area contributed by atoms with Crippen LogP contribution in [0, 0.1) is 0 Å². The molecule has 0 radical (unpaired) electrons. The van der Waals surface area contributed by atoms with Crippen molar-refractivity contribution in [2.45, 2.75) is 12.6 Å². The van der Waals surface area contributed by atoms with E-state index in [0.29, 0.717) is 0 Å². The zero-order chi connectivity index (χ0) is 25.3. The van der Waals surface area contributed by atoms with Crippen LogP contribution in [0.15, 0.2) is 42.1 Å². The Balaban J connectivity index is 2.22. The van der Waals surface area contributed by atoms with Gasteiger partial charge >= 0.3 is 11.4 Å². The second kappa shape index (κ2) is 9.40. The molecule has 2 N–H and O–H groups in total. The molecule has 3 heterocycles. The summed E-state index contributed by atoms with van der Waals surface area (Å²) >= 11 is 0. The van der Waals surface area contributed by atoms with Gasteiger partial charge in [-0.15, -0.1) is 16.8 Å². The molecule has 182 valence electrons. The Kier molecular flexibility index (Phi) is 6.78. The van der Waals surface area contributed by atoms with Crippen LogP contribution >= 0.6 is 0 Å². The maximum absolute atomic E-state index is 12.8. The van der Waals surface area contributed by atoms with Gasteiger partial charge in [-0.3, -0.25) is 32.4 Å². The van der Waals surface area contributed by atoms with Crippen LogP contribution in [0.4, 0.5) is 11.6 Å². The van der Waals surface area contributed by atoms with E-state index < -0.39 is 40.2 Å². The van der Waals surface area contributed by atoms with Crippen molar-refractivity contribution in [1.82, 2.24) is 27.8 Å². The molecule has 1 atom stereocenters. The van der Waals surface area contributed by atoms with Gasteiger partial charge in [-0.05, 0) is 0 Å². The van der Waals surface area contributed by atoms with Crippen molar-refractivity contribution >= 4 is 22.8 Å². The molecule has 0 aromatic carbocycles. The molecular formula is C19H24N8O7. The Hall–Kier alpha value is -4.11. The fourth-order valence-corrected chi connectivity index (χ4v) is 3.23. The fraction of sp³-hybridized carbons (Fsp3) is 0.421. The second-order valence-electron chi connectivity index (χ2n) is 7.46. The fourth-order valence-electron chi connectivity index (χ4n) is 3.23. The first-order chi connectivity index (χ1) is 16.0. The molecule has 0 amide bonds. The molecule has 0 saturated heterocycles. The van der Waals surface area contributed by atoms with Crippen LogP contribution in [0.5, 0.6) is 5.88 Å². The van der Waals surface area contributed by atoms with Crippen molar-refractivity contribution in [3.05, 3.63) is 54.3 Å². The average molecular weight is 476 g/mol.